The van der Waals surface area contributed by atoms with Crippen molar-refractivity contribution in [2.75, 3.05) is 0 Å². The molecule has 0 aromatic carbocycles. The summed E-state index contributed by atoms with van der Waals surface area (Å²) in [5.41, 5.74) is -2.05. The summed E-state index contributed by atoms with van der Waals surface area (Å²) in [5, 5.41) is 11.0. The molecule has 0 fully saturated rings. The molecule has 0 saturated heterocycles. The quantitative estimate of drug-likeness (QED) is 0.352. The van der Waals surface area contributed by atoms with Crippen LogP contribution in [-0.2, 0) is 23.9 Å². The van der Waals surface area contributed by atoms with E-state index in [9.17, 15) is 19.5 Å². The molecule has 0 heterocycles. The third kappa shape index (κ3) is 7.74. The summed E-state index contributed by atoms with van der Waals surface area (Å²) in [4.78, 5) is 35.1. The molecule has 0 aromatic rings. The van der Waals surface area contributed by atoms with Gasteiger partial charge in [-0.2, -0.15) is 0 Å². The number of rotatable bonds is 14. The first-order valence-electron chi connectivity index (χ1n) is 10.6. The minimum Gasteiger partial charge on any atom is -0.459 e. The van der Waals surface area contributed by atoms with Crippen molar-refractivity contribution < 1.29 is 29.0 Å². The predicted octanol–water partition coefficient (Wildman–Crippen LogP) is 4.03. The Balaban J connectivity index is 2.47. The van der Waals surface area contributed by atoms with Gasteiger partial charge in [0.05, 0.1) is 0 Å². The molecule has 6 heteroatoms. The van der Waals surface area contributed by atoms with Crippen LogP contribution in [0.25, 0.3) is 0 Å². The maximum Gasteiger partial charge on any atom is 0.303 e. The van der Waals surface area contributed by atoms with Gasteiger partial charge in [0.2, 0.25) is 5.60 Å². The minimum absolute atomic E-state index is 0.345. The van der Waals surface area contributed by atoms with Crippen LogP contribution in [0.15, 0.2) is 12.2 Å². The fraction of sp³-hybridized carbons (Fsp3) is 0.773. The highest BCUT2D eigenvalue weighted by molar-refractivity contribution is 6.01. The fourth-order valence-corrected chi connectivity index (χ4v) is 3.63. The van der Waals surface area contributed by atoms with E-state index in [1.54, 1.807) is 0 Å². The predicted molar refractivity (Wildman–Crippen MR) is 107 cm³/mol. The van der Waals surface area contributed by atoms with Gasteiger partial charge in [-0.05, 0) is 25.0 Å². The van der Waals surface area contributed by atoms with E-state index in [2.05, 4.69) is 6.92 Å². The van der Waals surface area contributed by atoms with Crippen molar-refractivity contribution in [2.45, 2.75) is 109 Å². The summed E-state index contributed by atoms with van der Waals surface area (Å²) in [6.45, 7) is 4.66. The molecular weight excluding hydrogens is 360 g/mol. The monoisotopic (exact) mass is 396 g/mol. The van der Waals surface area contributed by atoms with Crippen LogP contribution in [0.1, 0.15) is 91.4 Å². The minimum atomic E-state index is -2.05. The zero-order valence-electron chi connectivity index (χ0n) is 17.6. The average molecular weight is 397 g/mol. The normalized spacial score (nSPS) is 22.3. The zero-order valence-corrected chi connectivity index (χ0v) is 17.6. The second-order valence-electron chi connectivity index (χ2n) is 7.65. The zero-order chi connectivity index (χ0) is 21.0. The van der Waals surface area contributed by atoms with Crippen molar-refractivity contribution in [3.8, 4) is 0 Å². The van der Waals surface area contributed by atoms with Crippen LogP contribution >= 0.6 is 0 Å². The van der Waals surface area contributed by atoms with Gasteiger partial charge in [0, 0.05) is 13.8 Å². The molecule has 3 atom stereocenters. The van der Waals surface area contributed by atoms with E-state index in [0.717, 1.165) is 25.7 Å². The maximum absolute atomic E-state index is 12.3. The molecular formula is C22H36O6. The van der Waals surface area contributed by atoms with Crippen molar-refractivity contribution in [1.29, 1.82) is 0 Å². The molecule has 0 amide bonds. The van der Waals surface area contributed by atoms with Crippen molar-refractivity contribution in [2.24, 2.45) is 0 Å². The first-order valence-corrected chi connectivity index (χ1v) is 10.6. The van der Waals surface area contributed by atoms with Crippen LogP contribution in [-0.4, -0.2) is 40.6 Å². The maximum atomic E-state index is 12.3. The number of carbonyl (C=O) groups excluding carboxylic acids is 3. The molecule has 0 aliphatic heterocycles. The topological polar surface area (TPSA) is 89.9 Å². The van der Waals surface area contributed by atoms with Gasteiger partial charge in [0.15, 0.2) is 11.9 Å². The standard InChI is InChI=1S/C22H36O6/c1-4-5-6-7-8-9-10-11-12-13-14-20(27-17(2)23)22(26)19(25)15-16-21(22)28-18(3)24/h15-16,20-21,26H,4-14H2,1-3H3/t20?,21-,22-/m0/s1. The Kier molecular flexibility index (Phi) is 11.0. The van der Waals surface area contributed by atoms with Crippen LogP contribution in [0, 0.1) is 0 Å². The van der Waals surface area contributed by atoms with Gasteiger partial charge in [-0.25, -0.2) is 0 Å². The molecule has 0 aromatic heterocycles. The van der Waals surface area contributed by atoms with Crippen molar-refractivity contribution >= 4 is 17.7 Å². The lowest BCUT2D eigenvalue weighted by molar-refractivity contribution is -0.186. The average Bonchev–Trinajstić information content (AvgIpc) is 2.90. The van der Waals surface area contributed by atoms with Crippen LogP contribution in [0.3, 0.4) is 0 Å². The number of carbonyl (C=O) groups is 3. The van der Waals surface area contributed by atoms with E-state index >= 15 is 0 Å². The highest BCUT2D eigenvalue weighted by atomic mass is 16.6. The Morgan fingerprint density at radius 2 is 1.54 bits per heavy atom. The molecule has 1 N–H and O–H groups in total. The largest absolute Gasteiger partial charge is 0.459 e. The summed E-state index contributed by atoms with van der Waals surface area (Å²) in [7, 11) is 0. The van der Waals surface area contributed by atoms with Crippen molar-refractivity contribution in [3.63, 3.8) is 0 Å². The Labute approximate surface area is 168 Å². The highest BCUT2D eigenvalue weighted by Crippen LogP contribution is 2.32. The van der Waals surface area contributed by atoms with Crippen molar-refractivity contribution in [3.05, 3.63) is 12.2 Å². The van der Waals surface area contributed by atoms with Crippen LogP contribution in [0.4, 0.5) is 0 Å². The summed E-state index contributed by atoms with van der Waals surface area (Å²) >= 11 is 0. The molecule has 1 aliphatic rings. The fourth-order valence-electron chi connectivity index (χ4n) is 3.63. The van der Waals surface area contributed by atoms with E-state index in [4.69, 9.17) is 9.47 Å². The first-order chi connectivity index (χ1) is 13.3. The molecule has 0 spiro atoms. The van der Waals surface area contributed by atoms with E-state index in [1.807, 2.05) is 0 Å². The summed E-state index contributed by atoms with van der Waals surface area (Å²) in [6.07, 6.45) is 12.2. The Bertz CT molecular complexity index is 541. The first kappa shape index (κ1) is 24.3. The van der Waals surface area contributed by atoms with E-state index in [0.29, 0.717) is 6.42 Å². The molecule has 6 nitrogen and oxygen atoms in total. The molecule has 1 rings (SSSR count). The molecule has 1 aliphatic carbocycles. The van der Waals surface area contributed by atoms with Gasteiger partial charge in [-0.1, -0.05) is 64.7 Å². The number of unbranched alkanes of at least 4 members (excludes halogenated alkanes) is 9. The molecule has 28 heavy (non-hydrogen) atoms. The number of hydrogen-bond acceptors (Lipinski definition) is 6. The number of ketones is 1. The molecule has 1 unspecified atom stereocenters. The van der Waals surface area contributed by atoms with Crippen molar-refractivity contribution in [1.82, 2.24) is 0 Å². The molecule has 0 bridgehead atoms. The lowest BCUT2D eigenvalue weighted by Crippen LogP contribution is -2.56. The molecule has 160 valence electrons. The number of esters is 2. The van der Waals surface area contributed by atoms with E-state index in [1.165, 1.54) is 64.5 Å². The van der Waals surface area contributed by atoms with Crippen LogP contribution < -0.4 is 0 Å². The van der Waals surface area contributed by atoms with E-state index in [-0.39, 0.29) is 0 Å². The summed E-state index contributed by atoms with van der Waals surface area (Å²) in [5.74, 6) is -1.79. The lowest BCUT2D eigenvalue weighted by atomic mass is 9.87. The van der Waals surface area contributed by atoms with Crippen LogP contribution in [0.5, 0.6) is 0 Å². The second-order valence-corrected chi connectivity index (χ2v) is 7.65. The Morgan fingerprint density at radius 3 is 2.04 bits per heavy atom. The number of ether oxygens (including phenoxy) is 2. The van der Waals surface area contributed by atoms with Gasteiger partial charge in [0.1, 0.15) is 6.10 Å². The van der Waals surface area contributed by atoms with Crippen LogP contribution in [0.2, 0.25) is 0 Å². The number of aliphatic hydroxyl groups is 1. The Morgan fingerprint density at radius 1 is 1.00 bits per heavy atom. The van der Waals surface area contributed by atoms with Gasteiger partial charge < -0.3 is 14.6 Å². The second kappa shape index (κ2) is 12.7. The van der Waals surface area contributed by atoms with Gasteiger partial charge in [0.25, 0.3) is 0 Å². The van der Waals surface area contributed by atoms with Gasteiger partial charge >= 0.3 is 11.9 Å². The van der Waals surface area contributed by atoms with Gasteiger partial charge in [-0.3, -0.25) is 14.4 Å². The van der Waals surface area contributed by atoms with E-state index < -0.39 is 35.5 Å². The third-order valence-corrected chi connectivity index (χ3v) is 5.16. The van der Waals surface area contributed by atoms with Gasteiger partial charge in [-0.15, -0.1) is 0 Å². The summed E-state index contributed by atoms with van der Waals surface area (Å²) < 4.78 is 10.3. The lowest BCUT2D eigenvalue weighted by Gasteiger charge is -2.34. The molecule has 0 radical (unpaired) electrons. The number of hydrogen-bond donors (Lipinski definition) is 1. The molecule has 0 saturated carbocycles. The Hall–Kier alpha value is -1.69. The summed E-state index contributed by atoms with van der Waals surface area (Å²) in [6, 6.07) is 0. The smallest absolute Gasteiger partial charge is 0.303 e. The third-order valence-electron chi connectivity index (χ3n) is 5.16. The highest BCUT2D eigenvalue weighted by Gasteiger charge is 2.54. The SMILES string of the molecule is CCCCCCCCCCCCC(OC(C)=O)[C@@]1(O)C(=O)C=C[C@@H]1OC(C)=O.